The highest BCUT2D eigenvalue weighted by molar-refractivity contribution is 6.11. The second-order valence-corrected chi connectivity index (χ2v) is 9.05. The van der Waals surface area contributed by atoms with Gasteiger partial charge < -0.3 is 14.9 Å². The van der Waals surface area contributed by atoms with Gasteiger partial charge in [0.1, 0.15) is 0 Å². The van der Waals surface area contributed by atoms with Crippen LogP contribution in [-0.4, -0.2) is 32.6 Å². The number of carbonyl (C=O) groups excluding carboxylic acids is 2. The van der Waals surface area contributed by atoms with Crippen LogP contribution >= 0.6 is 0 Å². The predicted octanol–water partition coefficient (Wildman–Crippen LogP) is 5.53. The number of H-pyrrole nitrogens is 1. The normalized spacial score (nSPS) is 12.1. The molecule has 6 heteroatoms. The van der Waals surface area contributed by atoms with Crippen LogP contribution < -0.4 is 5.32 Å². The Morgan fingerprint density at radius 2 is 1.81 bits per heavy atom. The topological polar surface area (TPSA) is 79.8 Å². The van der Waals surface area contributed by atoms with Gasteiger partial charge in [-0.05, 0) is 30.5 Å². The molecule has 0 saturated carbocycles. The largest absolute Gasteiger partial charge is 0.360 e. The second kappa shape index (κ2) is 10.1. The van der Waals surface area contributed by atoms with E-state index in [1.165, 1.54) is 0 Å². The van der Waals surface area contributed by atoms with E-state index in [2.05, 4.69) is 15.3 Å². The van der Waals surface area contributed by atoms with Crippen molar-refractivity contribution in [2.75, 3.05) is 6.54 Å². The molecule has 0 unspecified atom stereocenters. The zero-order valence-electron chi connectivity index (χ0n) is 20.4. The third-order valence-corrected chi connectivity index (χ3v) is 6.47. The predicted molar refractivity (Wildman–Crippen MR) is 142 cm³/mol. The number of hydrogen-bond acceptors (Lipinski definition) is 4. The zero-order valence-corrected chi connectivity index (χ0v) is 20.4. The molecule has 2 aromatic heterocycles. The van der Waals surface area contributed by atoms with Crippen molar-refractivity contribution in [1.29, 1.82) is 0 Å². The third kappa shape index (κ3) is 4.90. The summed E-state index contributed by atoms with van der Waals surface area (Å²) >= 11 is 0. The molecule has 6 nitrogen and oxygen atoms in total. The lowest BCUT2D eigenvalue weighted by atomic mass is 9.96. The molecule has 3 aromatic carbocycles. The summed E-state index contributed by atoms with van der Waals surface area (Å²) in [5.74, 6) is 0.0743. The molecule has 0 spiro atoms. The summed E-state index contributed by atoms with van der Waals surface area (Å²) in [4.78, 5) is 33.0. The van der Waals surface area contributed by atoms with Crippen LogP contribution in [0.15, 0.2) is 91.5 Å². The van der Waals surface area contributed by atoms with Crippen molar-refractivity contribution in [3.63, 3.8) is 0 Å². The number of aromatic nitrogens is 3. The first-order valence-electron chi connectivity index (χ1n) is 12.0. The van der Waals surface area contributed by atoms with E-state index in [4.69, 9.17) is 0 Å². The molecule has 0 aliphatic rings. The molecule has 5 rings (SSSR count). The number of hydrogen-bond donors (Lipinski definition) is 2. The highest BCUT2D eigenvalue weighted by atomic mass is 16.1. The molecular formula is C30H28N4O2. The van der Waals surface area contributed by atoms with Crippen LogP contribution in [0, 0.1) is 0 Å². The van der Waals surface area contributed by atoms with Crippen molar-refractivity contribution >= 4 is 22.5 Å². The maximum absolute atomic E-state index is 13.8. The van der Waals surface area contributed by atoms with Crippen molar-refractivity contribution in [3.05, 3.63) is 114 Å². The van der Waals surface area contributed by atoms with Crippen LogP contribution in [-0.2, 0) is 13.5 Å². The minimum absolute atomic E-state index is 0.0185. The number of Topliss-reactive ketones (excluding diaryl/α,β-unsaturated/α-hetero) is 2. The number of carbonyl (C=O) groups is 2. The van der Waals surface area contributed by atoms with E-state index in [1.807, 2.05) is 90.6 Å². The minimum Gasteiger partial charge on any atom is -0.360 e. The first kappa shape index (κ1) is 23.5. The van der Waals surface area contributed by atoms with Gasteiger partial charge in [-0.3, -0.25) is 9.59 Å². The fourth-order valence-electron chi connectivity index (χ4n) is 4.48. The summed E-state index contributed by atoms with van der Waals surface area (Å²) in [5.41, 5.74) is 6.19. The molecule has 2 heterocycles. The molecule has 0 aliphatic heterocycles. The van der Waals surface area contributed by atoms with E-state index in [1.54, 1.807) is 19.4 Å². The Balaban J connectivity index is 1.37. The highest BCUT2D eigenvalue weighted by Gasteiger charge is 2.24. The fraction of sp³-hybridized carbons (Fsp3) is 0.167. The zero-order chi connectivity index (χ0) is 25.1. The van der Waals surface area contributed by atoms with Gasteiger partial charge in [-0.2, -0.15) is 0 Å². The SMILES string of the molecule is CC(=O)c1ccc(CCN[C@H](C(=O)c2c[nH]c3cc(-c4cn(C)cn4)ccc23)c2ccccc2)cc1. The Morgan fingerprint density at radius 3 is 2.50 bits per heavy atom. The molecule has 0 bridgehead atoms. The first-order valence-corrected chi connectivity index (χ1v) is 12.0. The summed E-state index contributed by atoms with van der Waals surface area (Å²) < 4.78 is 1.91. The lowest BCUT2D eigenvalue weighted by Gasteiger charge is -2.18. The van der Waals surface area contributed by atoms with Gasteiger partial charge in [0.05, 0.1) is 18.1 Å². The summed E-state index contributed by atoms with van der Waals surface area (Å²) in [6.45, 7) is 2.19. The Morgan fingerprint density at radius 1 is 1.03 bits per heavy atom. The molecule has 0 fully saturated rings. The van der Waals surface area contributed by atoms with Crippen molar-refractivity contribution in [2.24, 2.45) is 7.05 Å². The Kier molecular flexibility index (Phi) is 6.60. The van der Waals surface area contributed by atoms with Crippen molar-refractivity contribution in [2.45, 2.75) is 19.4 Å². The fourth-order valence-corrected chi connectivity index (χ4v) is 4.48. The minimum atomic E-state index is -0.475. The molecule has 180 valence electrons. The van der Waals surface area contributed by atoms with E-state index < -0.39 is 6.04 Å². The third-order valence-electron chi connectivity index (χ3n) is 6.47. The molecule has 0 aliphatic carbocycles. The second-order valence-electron chi connectivity index (χ2n) is 9.05. The summed E-state index contributed by atoms with van der Waals surface area (Å²) in [7, 11) is 1.94. The van der Waals surface area contributed by atoms with Gasteiger partial charge in [-0.15, -0.1) is 0 Å². The number of aryl methyl sites for hydroxylation is 1. The lowest BCUT2D eigenvalue weighted by molar-refractivity contribution is 0.0944. The van der Waals surface area contributed by atoms with Gasteiger partial charge in [-0.1, -0.05) is 66.7 Å². The molecular weight excluding hydrogens is 448 g/mol. The first-order chi connectivity index (χ1) is 17.5. The van der Waals surface area contributed by atoms with Gasteiger partial charge in [0.25, 0.3) is 0 Å². The number of ketones is 2. The van der Waals surface area contributed by atoms with E-state index in [9.17, 15) is 9.59 Å². The number of imidazole rings is 1. The standard InChI is InChI=1S/C30H28N4O2/c1-20(35)22-10-8-21(9-11-22)14-15-31-29(23-6-4-3-5-7-23)30(36)26-17-32-27-16-24(12-13-25(26)27)28-18-34(2)19-33-28/h3-13,16-19,29,31-32H,14-15H2,1-2H3/t29-/m0/s1. The van der Waals surface area contributed by atoms with E-state index >= 15 is 0 Å². The van der Waals surface area contributed by atoms with E-state index in [0.717, 1.165) is 39.7 Å². The van der Waals surface area contributed by atoms with Crippen LogP contribution in [0.25, 0.3) is 22.2 Å². The monoisotopic (exact) mass is 476 g/mol. The van der Waals surface area contributed by atoms with Gasteiger partial charge in [0, 0.05) is 53.6 Å². The number of nitrogens with zero attached hydrogens (tertiary/aromatic N) is 2. The van der Waals surface area contributed by atoms with Crippen molar-refractivity contribution in [3.8, 4) is 11.3 Å². The number of fused-ring (bicyclic) bond motifs is 1. The number of benzene rings is 3. The van der Waals surface area contributed by atoms with Crippen LogP contribution in [0.2, 0.25) is 0 Å². The molecule has 0 radical (unpaired) electrons. The highest BCUT2D eigenvalue weighted by Crippen LogP contribution is 2.28. The quantitative estimate of drug-likeness (QED) is 0.274. The maximum atomic E-state index is 13.8. The van der Waals surface area contributed by atoms with Crippen molar-refractivity contribution < 1.29 is 9.59 Å². The number of rotatable bonds is 9. The van der Waals surface area contributed by atoms with Gasteiger partial charge in [0.2, 0.25) is 0 Å². The van der Waals surface area contributed by atoms with Crippen LogP contribution in [0.5, 0.6) is 0 Å². The molecule has 2 N–H and O–H groups in total. The smallest absolute Gasteiger partial charge is 0.186 e. The molecule has 5 aromatic rings. The average molecular weight is 477 g/mol. The lowest BCUT2D eigenvalue weighted by Crippen LogP contribution is -2.30. The van der Waals surface area contributed by atoms with Gasteiger partial charge >= 0.3 is 0 Å². The Bertz CT molecular complexity index is 1510. The van der Waals surface area contributed by atoms with E-state index in [0.29, 0.717) is 17.7 Å². The molecule has 0 saturated heterocycles. The van der Waals surface area contributed by atoms with E-state index in [-0.39, 0.29) is 11.6 Å². The summed E-state index contributed by atoms with van der Waals surface area (Å²) in [5, 5.41) is 4.36. The molecule has 1 atom stereocenters. The number of nitrogens with one attached hydrogen (secondary N) is 2. The molecule has 36 heavy (non-hydrogen) atoms. The van der Waals surface area contributed by atoms with Gasteiger partial charge in [-0.25, -0.2) is 4.98 Å². The maximum Gasteiger partial charge on any atom is 0.186 e. The van der Waals surface area contributed by atoms with Gasteiger partial charge in [0.15, 0.2) is 11.6 Å². The van der Waals surface area contributed by atoms with Crippen LogP contribution in [0.3, 0.4) is 0 Å². The average Bonchev–Trinajstić information content (AvgIpc) is 3.53. The number of aromatic amines is 1. The Labute approximate surface area is 210 Å². The van der Waals surface area contributed by atoms with Crippen molar-refractivity contribution in [1.82, 2.24) is 19.9 Å². The summed E-state index contributed by atoms with van der Waals surface area (Å²) in [6.07, 6.45) is 6.29. The Hall–Kier alpha value is -4.29. The summed E-state index contributed by atoms with van der Waals surface area (Å²) in [6, 6.07) is 23.0. The van der Waals surface area contributed by atoms with Crippen LogP contribution in [0.4, 0.5) is 0 Å². The van der Waals surface area contributed by atoms with Crippen LogP contribution in [0.1, 0.15) is 44.8 Å². The molecule has 0 amide bonds.